The molecule has 0 fully saturated rings. The molecule has 0 spiro atoms. The van der Waals surface area contributed by atoms with Gasteiger partial charge in [0.05, 0.1) is 29.3 Å². The number of benzene rings is 2. The molecule has 0 aliphatic carbocycles. The van der Waals surface area contributed by atoms with E-state index in [4.69, 9.17) is 4.74 Å². The summed E-state index contributed by atoms with van der Waals surface area (Å²) in [6.45, 7) is 6.55. The molecule has 1 atom stereocenters. The lowest BCUT2D eigenvalue weighted by molar-refractivity contribution is 0.0993. The fourth-order valence-electron chi connectivity index (χ4n) is 3.05. The minimum Gasteiger partial charge on any atom is -0.383 e. The van der Waals surface area contributed by atoms with Gasteiger partial charge in [0.15, 0.2) is 10.9 Å². The molecule has 0 aliphatic rings. The summed E-state index contributed by atoms with van der Waals surface area (Å²) in [5.41, 5.74) is 3.23. The maximum absolute atomic E-state index is 13.0. The monoisotopic (exact) mass is 396 g/mol. The summed E-state index contributed by atoms with van der Waals surface area (Å²) < 4.78 is 6.76. The molecule has 0 unspecified atom stereocenters. The fraction of sp³-hybridized carbons (Fsp3) is 0.318. The van der Waals surface area contributed by atoms with E-state index in [0.29, 0.717) is 34.8 Å². The van der Waals surface area contributed by atoms with Crippen LogP contribution in [0, 0.1) is 13.8 Å². The Hall–Kier alpha value is -2.44. The number of hydrogen-bond donors (Lipinski definition) is 0. The molecule has 3 aromatic rings. The first-order valence-corrected chi connectivity index (χ1v) is 10.1. The summed E-state index contributed by atoms with van der Waals surface area (Å²) in [7, 11) is 1.60. The first-order chi connectivity index (χ1) is 13.4. The maximum Gasteiger partial charge on any atom is 0.262 e. The molecule has 146 valence electrons. The van der Waals surface area contributed by atoms with Crippen LogP contribution in [0.5, 0.6) is 0 Å². The zero-order valence-electron chi connectivity index (χ0n) is 16.6. The minimum absolute atomic E-state index is 0.0342. The van der Waals surface area contributed by atoms with Crippen LogP contribution in [0.25, 0.3) is 10.9 Å². The van der Waals surface area contributed by atoms with E-state index in [1.165, 1.54) is 11.8 Å². The molecular weight excluding hydrogens is 372 g/mol. The number of aromatic nitrogens is 2. The third-order valence-electron chi connectivity index (χ3n) is 4.66. The Morgan fingerprint density at radius 1 is 1.21 bits per heavy atom. The predicted octanol–water partition coefficient (Wildman–Crippen LogP) is 4.02. The highest BCUT2D eigenvalue weighted by atomic mass is 32.2. The van der Waals surface area contributed by atoms with E-state index in [1.54, 1.807) is 17.7 Å². The second kappa shape index (κ2) is 8.71. The second-order valence-corrected chi connectivity index (χ2v) is 8.11. The largest absolute Gasteiger partial charge is 0.383 e. The number of Topliss-reactive ketones (excluding diaryl/α,β-unsaturated/α-hetero) is 1. The summed E-state index contributed by atoms with van der Waals surface area (Å²) >= 11 is 1.31. The number of carbonyl (C=O) groups is 1. The zero-order valence-corrected chi connectivity index (χ0v) is 17.4. The standard InChI is InChI=1S/C22H24N2O3S/c1-14-9-10-15(2)18(13-14)20(25)16(3)28-22-23-19-8-6-5-7-17(19)21(26)24(22)11-12-27-4/h5-10,13,16H,11-12H2,1-4H3/t16-/m0/s1. The molecular formula is C22H24N2O3S. The highest BCUT2D eigenvalue weighted by molar-refractivity contribution is 8.00. The third kappa shape index (κ3) is 4.18. The summed E-state index contributed by atoms with van der Waals surface area (Å²) in [5.74, 6) is 0.0342. The zero-order chi connectivity index (χ0) is 20.3. The van der Waals surface area contributed by atoms with E-state index in [2.05, 4.69) is 4.98 Å². The maximum atomic E-state index is 13.0. The van der Waals surface area contributed by atoms with Gasteiger partial charge in [0, 0.05) is 12.7 Å². The highest BCUT2D eigenvalue weighted by Gasteiger charge is 2.22. The molecule has 0 saturated carbocycles. The topological polar surface area (TPSA) is 61.2 Å². The van der Waals surface area contributed by atoms with Crippen LogP contribution in [0.2, 0.25) is 0 Å². The van der Waals surface area contributed by atoms with Crippen molar-refractivity contribution >= 4 is 28.4 Å². The van der Waals surface area contributed by atoms with Crippen LogP contribution in [-0.4, -0.2) is 34.3 Å². The van der Waals surface area contributed by atoms with Crippen molar-refractivity contribution in [3.8, 4) is 0 Å². The number of ketones is 1. The van der Waals surface area contributed by atoms with Gasteiger partial charge in [0.1, 0.15) is 0 Å². The van der Waals surface area contributed by atoms with Crippen LogP contribution in [0.1, 0.15) is 28.4 Å². The number of rotatable bonds is 7. The lowest BCUT2D eigenvalue weighted by atomic mass is 10.0. The van der Waals surface area contributed by atoms with Crippen molar-refractivity contribution in [2.45, 2.75) is 37.7 Å². The van der Waals surface area contributed by atoms with E-state index in [0.717, 1.165) is 11.1 Å². The smallest absolute Gasteiger partial charge is 0.262 e. The minimum atomic E-state index is -0.373. The summed E-state index contributed by atoms with van der Waals surface area (Å²) in [6, 6.07) is 13.1. The van der Waals surface area contributed by atoms with Gasteiger partial charge in [-0.3, -0.25) is 14.2 Å². The van der Waals surface area contributed by atoms with E-state index in [9.17, 15) is 9.59 Å². The Labute approximate surface area is 168 Å². The third-order valence-corrected chi connectivity index (χ3v) is 5.75. The average Bonchev–Trinajstić information content (AvgIpc) is 2.69. The molecule has 0 radical (unpaired) electrons. The van der Waals surface area contributed by atoms with Crippen molar-refractivity contribution in [2.24, 2.45) is 0 Å². The molecule has 28 heavy (non-hydrogen) atoms. The van der Waals surface area contributed by atoms with Gasteiger partial charge in [-0.05, 0) is 44.5 Å². The lowest BCUT2D eigenvalue weighted by Crippen LogP contribution is -2.26. The average molecular weight is 397 g/mol. The van der Waals surface area contributed by atoms with Gasteiger partial charge in [-0.25, -0.2) is 4.98 Å². The summed E-state index contributed by atoms with van der Waals surface area (Å²) in [4.78, 5) is 30.6. The van der Waals surface area contributed by atoms with E-state index in [-0.39, 0.29) is 16.6 Å². The van der Waals surface area contributed by atoms with Crippen LogP contribution < -0.4 is 5.56 Å². The van der Waals surface area contributed by atoms with Gasteiger partial charge in [-0.2, -0.15) is 0 Å². The number of methoxy groups -OCH3 is 1. The molecule has 0 amide bonds. The number of nitrogens with zero attached hydrogens (tertiary/aromatic N) is 2. The lowest BCUT2D eigenvalue weighted by Gasteiger charge is -2.16. The molecule has 2 aromatic carbocycles. The van der Waals surface area contributed by atoms with Gasteiger partial charge in [-0.15, -0.1) is 0 Å². The molecule has 0 aliphatic heterocycles. The van der Waals surface area contributed by atoms with Gasteiger partial charge in [0.25, 0.3) is 5.56 Å². The normalized spacial score (nSPS) is 12.3. The number of thioether (sulfide) groups is 1. The van der Waals surface area contributed by atoms with Crippen molar-refractivity contribution in [1.82, 2.24) is 9.55 Å². The van der Waals surface area contributed by atoms with Crippen molar-refractivity contribution in [3.63, 3.8) is 0 Å². The molecule has 0 bridgehead atoms. The van der Waals surface area contributed by atoms with Crippen LogP contribution in [-0.2, 0) is 11.3 Å². The summed E-state index contributed by atoms with van der Waals surface area (Å²) in [5, 5.41) is 0.728. The molecule has 0 N–H and O–H groups in total. The van der Waals surface area contributed by atoms with Crippen molar-refractivity contribution < 1.29 is 9.53 Å². The van der Waals surface area contributed by atoms with Crippen LogP contribution in [0.4, 0.5) is 0 Å². The van der Waals surface area contributed by atoms with Gasteiger partial charge in [-0.1, -0.05) is 41.6 Å². The number of fused-ring (bicyclic) bond motifs is 1. The molecule has 5 nitrogen and oxygen atoms in total. The molecule has 6 heteroatoms. The van der Waals surface area contributed by atoms with E-state index >= 15 is 0 Å². The Morgan fingerprint density at radius 3 is 2.71 bits per heavy atom. The molecule has 0 saturated heterocycles. The van der Waals surface area contributed by atoms with Crippen molar-refractivity contribution in [3.05, 3.63) is 69.5 Å². The number of hydrogen-bond acceptors (Lipinski definition) is 5. The molecule has 1 heterocycles. The second-order valence-electron chi connectivity index (χ2n) is 6.80. The Morgan fingerprint density at radius 2 is 1.96 bits per heavy atom. The predicted molar refractivity (Wildman–Crippen MR) is 113 cm³/mol. The van der Waals surface area contributed by atoms with Gasteiger partial charge in [0.2, 0.25) is 0 Å². The fourth-order valence-corrected chi connectivity index (χ4v) is 4.05. The number of carbonyl (C=O) groups excluding carboxylic acids is 1. The highest BCUT2D eigenvalue weighted by Crippen LogP contribution is 2.26. The summed E-state index contributed by atoms with van der Waals surface area (Å²) in [6.07, 6.45) is 0. The first-order valence-electron chi connectivity index (χ1n) is 9.19. The number of aryl methyl sites for hydroxylation is 2. The molecule has 1 aromatic heterocycles. The quantitative estimate of drug-likeness (QED) is 0.343. The van der Waals surface area contributed by atoms with E-state index < -0.39 is 0 Å². The van der Waals surface area contributed by atoms with Crippen LogP contribution >= 0.6 is 11.8 Å². The Balaban J connectivity index is 1.99. The molecule has 3 rings (SSSR count). The van der Waals surface area contributed by atoms with Crippen LogP contribution in [0.15, 0.2) is 52.4 Å². The van der Waals surface area contributed by atoms with E-state index in [1.807, 2.05) is 57.2 Å². The SMILES string of the molecule is COCCn1c(S[C@@H](C)C(=O)c2cc(C)ccc2C)nc2ccccc2c1=O. The Bertz CT molecular complexity index is 1080. The first kappa shape index (κ1) is 20.3. The van der Waals surface area contributed by atoms with Crippen molar-refractivity contribution in [1.29, 1.82) is 0 Å². The van der Waals surface area contributed by atoms with Crippen LogP contribution in [0.3, 0.4) is 0 Å². The van der Waals surface area contributed by atoms with Gasteiger partial charge < -0.3 is 4.74 Å². The Kier molecular flexibility index (Phi) is 6.31. The van der Waals surface area contributed by atoms with Crippen molar-refractivity contribution in [2.75, 3.05) is 13.7 Å². The van der Waals surface area contributed by atoms with Gasteiger partial charge >= 0.3 is 0 Å². The number of para-hydroxylation sites is 1. The number of ether oxygens (including phenoxy) is 1.